The van der Waals surface area contributed by atoms with Crippen molar-refractivity contribution in [3.63, 3.8) is 0 Å². The molecule has 0 spiro atoms. The molecule has 0 radical (unpaired) electrons. The minimum Gasteiger partial charge on any atom is -0.489 e. The number of rotatable bonds is 11. The van der Waals surface area contributed by atoms with Crippen LogP contribution in [0.15, 0.2) is 78.2 Å². The molecule has 0 unspecified atom stereocenters. The second kappa shape index (κ2) is 15.4. The van der Waals surface area contributed by atoms with Gasteiger partial charge in [0.1, 0.15) is 43.5 Å². The van der Waals surface area contributed by atoms with E-state index in [9.17, 15) is 4.79 Å². The summed E-state index contributed by atoms with van der Waals surface area (Å²) in [6, 6.07) is 17.2. The summed E-state index contributed by atoms with van der Waals surface area (Å²) < 4.78 is 23.5. The number of hydrogen-bond acceptors (Lipinski definition) is 12. The molecule has 17 heteroatoms. The Morgan fingerprint density at radius 1 is 0.925 bits per heavy atom. The topological polar surface area (TPSA) is 134 Å². The van der Waals surface area contributed by atoms with Gasteiger partial charge in [-0.15, -0.1) is 5.10 Å². The number of pyridine rings is 1. The molecule has 278 valence electrons. The van der Waals surface area contributed by atoms with Crippen LogP contribution < -0.4 is 20.2 Å². The Hall–Kier alpha value is -4.54. The summed E-state index contributed by atoms with van der Waals surface area (Å²) in [6.45, 7) is 6.86. The number of anilines is 2. The highest BCUT2D eigenvalue weighted by Crippen LogP contribution is 2.40. The summed E-state index contributed by atoms with van der Waals surface area (Å²) in [4.78, 5) is 24.8. The Kier molecular flexibility index (Phi) is 10.3. The Morgan fingerprint density at radius 2 is 1.70 bits per heavy atom. The minimum absolute atomic E-state index is 0.0889. The monoisotopic (exact) mass is 761 g/mol. The van der Waals surface area contributed by atoms with Crippen molar-refractivity contribution in [1.29, 1.82) is 0 Å². The van der Waals surface area contributed by atoms with Gasteiger partial charge in [-0.1, -0.05) is 29.3 Å². The molecule has 3 saturated heterocycles. The average molecular weight is 763 g/mol. The van der Waals surface area contributed by atoms with E-state index in [0.29, 0.717) is 33.8 Å². The molecule has 3 aliphatic heterocycles. The standard InChI is InChI=1S/C36H41Cl2N11O4/c1-44-12-10-26(11-13-44)20-49-35(50)48(25-41-49)29-5-3-28(4-6-29)45-14-16-46(17-15-45)34-9-7-30(19-39-34)51-21-31-22-52-36(53-31,23-47-24-40-42-43-47)32-8-2-27(37)18-33(32)38/h2-9,18-19,24-26,31H,10-17,20-23H2,1H3/t31-,36-/m1/s1. The van der Waals surface area contributed by atoms with Crippen molar-refractivity contribution >= 4 is 34.7 Å². The van der Waals surface area contributed by atoms with Gasteiger partial charge >= 0.3 is 5.69 Å². The zero-order valence-electron chi connectivity index (χ0n) is 29.4. The van der Waals surface area contributed by atoms with Gasteiger partial charge < -0.3 is 28.9 Å². The lowest BCUT2D eigenvalue weighted by Crippen LogP contribution is -2.46. The van der Waals surface area contributed by atoms with Crippen LogP contribution in [0.4, 0.5) is 11.5 Å². The third-order valence-corrected chi connectivity index (χ3v) is 10.8. The van der Waals surface area contributed by atoms with Crippen LogP contribution >= 0.6 is 23.2 Å². The van der Waals surface area contributed by atoms with Crippen LogP contribution in [0, 0.1) is 5.92 Å². The van der Waals surface area contributed by atoms with Gasteiger partial charge in [0.25, 0.3) is 0 Å². The van der Waals surface area contributed by atoms with Crippen molar-refractivity contribution in [3.8, 4) is 11.4 Å². The van der Waals surface area contributed by atoms with E-state index in [0.717, 1.165) is 69.3 Å². The number of benzene rings is 2. The Bertz CT molecular complexity index is 2030. The fourth-order valence-corrected chi connectivity index (χ4v) is 7.75. The van der Waals surface area contributed by atoms with Crippen molar-refractivity contribution < 1.29 is 14.2 Å². The zero-order chi connectivity index (χ0) is 36.4. The fraction of sp³-hybridized carbons (Fsp3) is 0.444. The number of halogens is 2. The van der Waals surface area contributed by atoms with E-state index in [1.165, 1.54) is 11.0 Å². The predicted octanol–water partition coefficient (Wildman–Crippen LogP) is 3.74. The van der Waals surface area contributed by atoms with Gasteiger partial charge in [-0.25, -0.2) is 23.7 Å². The third-order valence-electron chi connectivity index (χ3n) is 10.2. The third kappa shape index (κ3) is 7.89. The zero-order valence-corrected chi connectivity index (χ0v) is 30.9. The number of piperazine rings is 1. The molecule has 2 aromatic carbocycles. The van der Waals surface area contributed by atoms with Gasteiger partial charge in [0, 0.05) is 49.0 Å². The number of piperidine rings is 1. The second-order valence-electron chi connectivity index (χ2n) is 13.8. The van der Waals surface area contributed by atoms with E-state index < -0.39 is 5.79 Å². The van der Waals surface area contributed by atoms with Gasteiger partial charge in [-0.2, -0.15) is 5.10 Å². The number of hydrogen-bond donors (Lipinski definition) is 0. The van der Waals surface area contributed by atoms with Crippen molar-refractivity contribution in [3.05, 3.63) is 99.5 Å². The summed E-state index contributed by atoms with van der Waals surface area (Å²) in [5.74, 6) is 0.794. The first-order valence-electron chi connectivity index (χ1n) is 17.8. The van der Waals surface area contributed by atoms with Crippen molar-refractivity contribution in [2.24, 2.45) is 5.92 Å². The summed E-state index contributed by atoms with van der Waals surface area (Å²) >= 11 is 12.7. The molecule has 0 saturated carbocycles. The Balaban J connectivity index is 0.828. The van der Waals surface area contributed by atoms with E-state index >= 15 is 0 Å². The highest BCUT2D eigenvalue weighted by atomic mass is 35.5. The summed E-state index contributed by atoms with van der Waals surface area (Å²) in [7, 11) is 2.14. The fourth-order valence-electron chi connectivity index (χ4n) is 7.20. The van der Waals surface area contributed by atoms with Crippen LogP contribution in [0.5, 0.6) is 5.75 Å². The highest BCUT2D eigenvalue weighted by molar-refractivity contribution is 6.35. The van der Waals surface area contributed by atoms with E-state index in [1.807, 2.05) is 24.3 Å². The molecule has 0 amide bonds. The van der Waals surface area contributed by atoms with Crippen molar-refractivity contribution in [2.45, 2.75) is 37.8 Å². The number of nitrogens with zero attached hydrogens (tertiary/aromatic N) is 11. The number of tetrazole rings is 1. The highest BCUT2D eigenvalue weighted by Gasteiger charge is 2.46. The molecule has 3 aromatic heterocycles. The van der Waals surface area contributed by atoms with Crippen LogP contribution in [0.1, 0.15) is 18.4 Å². The largest absolute Gasteiger partial charge is 0.489 e. The predicted molar refractivity (Wildman–Crippen MR) is 199 cm³/mol. The number of ether oxygens (including phenoxy) is 3. The van der Waals surface area contributed by atoms with Gasteiger partial charge in [0.15, 0.2) is 0 Å². The van der Waals surface area contributed by atoms with Crippen molar-refractivity contribution in [2.75, 3.05) is 69.3 Å². The molecule has 8 rings (SSSR count). The van der Waals surface area contributed by atoms with Crippen LogP contribution in [0.2, 0.25) is 10.0 Å². The molecule has 15 nitrogen and oxygen atoms in total. The molecule has 0 N–H and O–H groups in total. The minimum atomic E-state index is -1.22. The molecule has 5 aromatic rings. The van der Waals surface area contributed by atoms with Gasteiger partial charge in [-0.3, -0.25) is 0 Å². The molecule has 0 aliphatic carbocycles. The maximum atomic E-state index is 13.1. The van der Waals surface area contributed by atoms with E-state index in [-0.39, 0.29) is 31.6 Å². The molecule has 53 heavy (non-hydrogen) atoms. The number of aromatic nitrogens is 8. The first kappa shape index (κ1) is 35.5. The quantitative estimate of drug-likeness (QED) is 0.194. The van der Waals surface area contributed by atoms with Gasteiger partial charge in [-0.05, 0) is 97.9 Å². The summed E-state index contributed by atoms with van der Waals surface area (Å²) in [5, 5.41) is 16.8. The first-order chi connectivity index (χ1) is 25.8. The Labute approximate surface area is 316 Å². The van der Waals surface area contributed by atoms with Crippen LogP contribution in [-0.2, 0) is 28.4 Å². The summed E-state index contributed by atoms with van der Waals surface area (Å²) in [6.07, 6.45) is 6.67. The lowest BCUT2D eigenvalue weighted by Gasteiger charge is -2.36. The lowest BCUT2D eigenvalue weighted by molar-refractivity contribution is -0.190. The maximum Gasteiger partial charge on any atom is 0.350 e. The maximum absolute atomic E-state index is 13.1. The van der Waals surface area contributed by atoms with Crippen LogP contribution in [0.3, 0.4) is 0 Å². The molecular formula is C36H41Cl2N11O4. The smallest absolute Gasteiger partial charge is 0.350 e. The molecule has 0 bridgehead atoms. The first-order valence-corrected chi connectivity index (χ1v) is 18.6. The summed E-state index contributed by atoms with van der Waals surface area (Å²) in [5.41, 5.74) is 2.48. The lowest BCUT2D eigenvalue weighted by atomic mass is 9.97. The average Bonchev–Trinajstić information content (AvgIpc) is 3.93. The van der Waals surface area contributed by atoms with E-state index in [4.69, 9.17) is 42.4 Å². The van der Waals surface area contributed by atoms with E-state index in [1.54, 1.807) is 40.0 Å². The molecular weight excluding hydrogens is 721 g/mol. The molecule has 3 fully saturated rings. The van der Waals surface area contributed by atoms with Gasteiger partial charge in [0.05, 0.1) is 23.5 Å². The molecule has 3 aliphatic rings. The molecule has 6 heterocycles. The Morgan fingerprint density at radius 3 is 2.42 bits per heavy atom. The van der Waals surface area contributed by atoms with Crippen molar-refractivity contribution in [1.82, 2.24) is 44.4 Å². The van der Waals surface area contributed by atoms with Crippen LogP contribution in [0.25, 0.3) is 5.69 Å². The SMILES string of the molecule is CN1CCC(Cn2ncn(-c3ccc(N4CCN(c5ccc(OC[C@@H]6CO[C@@](Cn7cnnn7)(c7ccc(Cl)cc7Cl)O6)cn5)CC4)cc3)c2=O)CC1. The van der Waals surface area contributed by atoms with Crippen LogP contribution in [-0.4, -0.2) is 110 Å². The second-order valence-corrected chi connectivity index (χ2v) is 14.6. The molecule has 2 atom stereocenters. The van der Waals surface area contributed by atoms with Gasteiger partial charge in [0.2, 0.25) is 5.79 Å². The van der Waals surface area contributed by atoms with E-state index in [2.05, 4.69) is 54.5 Å². The number of likely N-dealkylation sites (tertiary alicyclic amines) is 1. The normalized spacial score (nSPS) is 21.4.